The van der Waals surface area contributed by atoms with Gasteiger partial charge in [0.1, 0.15) is 0 Å². The summed E-state index contributed by atoms with van der Waals surface area (Å²) >= 11 is 0. The number of amides is 2. The molecule has 1 aromatic carbocycles. The number of nitrogens with zero attached hydrogens (tertiary/aromatic N) is 2. The Morgan fingerprint density at radius 1 is 0.957 bits per heavy atom. The first kappa shape index (κ1) is 14.1. The van der Waals surface area contributed by atoms with E-state index in [-0.39, 0.29) is 35.5 Å². The highest BCUT2D eigenvalue weighted by molar-refractivity contribution is 6.06. The average Bonchev–Trinajstić information content (AvgIpc) is 2.87. The van der Waals surface area contributed by atoms with Crippen molar-refractivity contribution < 1.29 is 9.59 Å². The van der Waals surface area contributed by atoms with Gasteiger partial charge in [0.15, 0.2) is 0 Å². The van der Waals surface area contributed by atoms with Crippen molar-refractivity contribution in [2.45, 2.75) is 12.8 Å². The van der Waals surface area contributed by atoms with Crippen LogP contribution in [0.3, 0.4) is 0 Å². The van der Waals surface area contributed by atoms with Gasteiger partial charge in [0.05, 0.1) is 11.8 Å². The van der Waals surface area contributed by atoms with Crippen molar-refractivity contribution >= 4 is 24.1 Å². The lowest BCUT2D eigenvalue weighted by atomic mass is 9.63. The molecule has 0 radical (unpaired) electrons. The van der Waals surface area contributed by atoms with Crippen LogP contribution in [0.4, 0.5) is 0 Å². The van der Waals surface area contributed by atoms with E-state index in [2.05, 4.69) is 17.3 Å². The summed E-state index contributed by atoms with van der Waals surface area (Å²) in [5.41, 5.74) is 1.05. The maximum atomic E-state index is 12.5. The molecule has 3 aliphatic carbocycles. The molecule has 4 heteroatoms. The minimum Gasteiger partial charge on any atom is -0.272 e. The quantitative estimate of drug-likeness (QED) is 0.490. The number of carbonyl (C=O) groups is 2. The van der Waals surface area contributed by atoms with Crippen LogP contribution < -0.4 is 0 Å². The second kappa shape index (κ2) is 5.61. The molecule has 1 aromatic rings. The third-order valence-electron chi connectivity index (χ3n) is 5.09. The van der Waals surface area contributed by atoms with Crippen molar-refractivity contribution in [2.24, 2.45) is 28.8 Å². The molecular formula is C19H18N2O2. The van der Waals surface area contributed by atoms with E-state index in [0.29, 0.717) is 0 Å². The molecule has 23 heavy (non-hydrogen) atoms. The van der Waals surface area contributed by atoms with E-state index in [1.165, 1.54) is 6.21 Å². The van der Waals surface area contributed by atoms with Crippen molar-refractivity contribution in [3.05, 3.63) is 54.1 Å². The normalized spacial score (nSPS) is 32.4. The molecule has 0 unspecified atom stereocenters. The molecule has 1 saturated heterocycles. The minimum absolute atomic E-state index is 0.136. The highest BCUT2D eigenvalue weighted by Gasteiger charge is 2.56. The number of rotatable bonds is 3. The Morgan fingerprint density at radius 2 is 1.57 bits per heavy atom. The van der Waals surface area contributed by atoms with Crippen LogP contribution >= 0.6 is 0 Å². The Morgan fingerprint density at radius 3 is 2.13 bits per heavy atom. The molecule has 4 aliphatic rings. The lowest BCUT2D eigenvalue weighted by molar-refractivity contribution is -0.140. The number of allylic oxidation sites excluding steroid dienone is 3. The van der Waals surface area contributed by atoms with Gasteiger partial charge in [0.2, 0.25) is 0 Å². The first-order valence-electron chi connectivity index (χ1n) is 8.07. The Hall–Kier alpha value is -2.49. The summed E-state index contributed by atoms with van der Waals surface area (Å²) in [6.45, 7) is 0. The number of hydrogen-bond acceptors (Lipinski definition) is 3. The van der Waals surface area contributed by atoms with Crippen LogP contribution in [0.2, 0.25) is 0 Å². The maximum absolute atomic E-state index is 12.5. The van der Waals surface area contributed by atoms with Crippen LogP contribution in [0.15, 0.2) is 53.7 Å². The summed E-state index contributed by atoms with van der Waals surface area (Å²) in [5, 5.41) is 5.20. The topological polar surface area (TPSA) is 49.7 Å². The summed E-state index contributed by atoms with van der Waals surface area (Å²) in [5.74, 6) is -0.238. The third-order valence-corrected chi connectivity index (χ3v) is 5.09. The minimum atomic E-state index is -0.193. The molecule has 0 N–H and O–H groups in total. The molecule has 5 rings (SSSR count). The molecule has 1 heterocycles. The largest absolute Gasteiger partial charge is 0.272 e. The van der Waals surface area contributed by atoms with E-state index < -0.39 is 0 Å². The summed E-state index contributed by atoms with van der Waals surface area (Å²) in [6, 6.07) is 9.83. The van der Waals surface area contributed by atoms with Crippen LogP contribution in [0, 0.1) is 23.7 Å². The van der Waals surface area contributed by atoms with Crippen LogP contribution in [-0.2, 0) is 9.59 Å². The van der Waals surface area contributed by atoms with Crippen LogP contribution in [0.25, 0.3) is 6.08 Å². The molecule has 2 fully saturated rings. The summed E-state index contributed by atoms with van der Waals surface area (Å²) in [7, 11) is 0. The number of hydrogen-bond donors (Lipinski definition) is 0. The molecular weight excluding hydrogens is 288 g/mol. The van der Waals surface area contributed by atoms with E-state index >= 15 is 0 Å². The second-order valence-electron chi connectivity index (χ2n) is 6.36. The Labute approximate surface area is 135 Å². The number of carbonyl (C=O) groups excluding carboxylic acids is 2. The monoisotopic (exact) mass is 306 g/mol. The molecule has 2 amide bonds. The number of fused-ring (bicyclic) bond motifs is 1. The van der Waals surface area contributed by atoms with Crippen molar-refractivity contribution in [3.63, 3.8) is 0 Å². The second-order valence-corrected chi connectivity index (χ2v) is 6.36. The van der Waals surface area contributed by atoms with Gasteiger partial charge in [0, 0.05) is 6.21 Å². The molecule has 1 aliphatic heterocycles. The molecule has 0 aromatic heterocycles. The Balaban J connectivity index is 1.50. The van der Waals surface area contributed by atoms with Crippen molar-refractivity contribution in [1.29, 1.82) is 0 Å². The molecule has 4 atom stereocenters. The fourth-order valence-corrected chi connectivity index (χ4v) is 4.00. The zero-order chi connectivity index (χ0) is 15.8. The lowest BCUT2D eigenvalue weighted by Crippen LogP contribution is -2.38. The molecule has 116 valence electrons. The zero-order valence-electron chi connectivity index (χ0n) is 12.7. The zero-order valence-corrected chi connectivity index (χ0v) is 12.7. The SMILES string of the molecule is O=C1[C@@H]2[C@H](C(=O)N1N=C/C=C\c1ccccc1)[C@H]1C=C[C@H]2CC1. The predicted octanol–water partition coefficient (Wildman–Crippen LogP) is 2.88. The van der Waals surface area contributed by atoms with Gasteiger partial charge in [-0.05, 0) is 36.3 Å². The first-order valence-corrected chi connectivity index (χ1v) is 8.07. The van der Waals surface area contributed by atoms with Crippen LogP contribution in [0.1, 0.15) is 18.4 Å². The third kappa shape index (κ3) is 2.34. The predicted molar refractivity (Wildman–Crippen MR) is 88.2 cm³/mol. The average molecular weight is 306 g/mol. The van der Waals surface area contributed by atoms with E-state index in [1.54, 1.807) is 6.08 Å². The fraction of sp³-hybridized carbons (Fsp3) is 0.316. The van der Waals surface area contributed by atoms with Crippen molar-refractivity contribution in [2.75, 3.05) is 0 Å². The van der Waals surface area contributed by atoms with Crippen molar-refractivity contribution in [1.82, 2.24) is 5.01 Å². The van der Waals surface area contributed by atoms with Crippen LogP contribution in [0.5, 0.6) is 0 Å². The van der Waals surface area contributed by atoms with E-state index in [9.17, 15) is 9.59 Å². The van der Waals surface area contributed by atoms with Gasteiger partial charge in [-0.3, -0.25) is 9.59 Å². The number of hydrazone groups is 1. The van der Waals surface area contributed by atoms with Gasteiger partial charge < -0.3 is 0 Å². The number of benzene rings is 1. The Bertz CT molecular complexity index is 688. The fourth-order valence-electron chi connectivity index (χ4n) is 4.00. The van der Waals surface area contributed by atoms with Crippen molar-refractivity contribution in [3.8, 4) is 0 Å². The van der Waals surface area contributed by atoms with Crippen LogP contribution in [-0.4, -0.2) is 23.0 Å². The standard InChI is InChI=1S/C19H18N2O2/c22-18-16-14-8-9-15(11-10-14)17(16)19(23)21(18)20-12-4-7-13-5-2-1-3-6-13/h1-9,12,14-17H,10-11H2/b7-4-,20-12?/t14-,15-,16-,17+/m0/s1. The van der Waals surface area contributed by atoms with E-state index in [0.717, 1.165) is 23.4 Å². The smallest absolute Gasteiger partial charge is 0.254 e. The summed E-state index contributed by atoms with van der Waals surface area (Å²) < 4.78 is 0. The molecule has 4 nitrogen and oxygen atoms in total. The van der Waals surface area contributed by atoms with Gasteiger partial charge in [-0.15, -0.1) is 0 Å². The first-order chi connectivity index (χ1) is 11.3. The maximum Gasteiger partial charge on any atom is 0.254 e. The molecule has 2 bridgehead atoms. The van der Waals surface area contributed by atoms with Gasteiger partial charge >= 0.3 is 0 Å². The van der Waals surface area contributed by atoms with Gasteiger partial charge in [-0.2, -0.15) is 10.1 Å². The molecule has 0 spiro atoms. The van der Waals surface area contributed by atoms with E-state index in [4.69, 9.17) is 0 Å². The number of imide groups is 1. The highest BCUT2D eigenvalue weighted by Crippen LogP contribution is 2.49. The summed E-state index contributed by atoms with van der Waals surface area (Å²) in [4.78, 5) is 25.1. The molecule has 1 saturated carbocycles. The van der Waals surface area contributed by atoms with E-state index in [1.807, 2.05) is 36.4 Å². The highest BCUT2D eigenvalue weighted by atomic mass is 16.2. The van der Waals surface area contributed by atoms with Gasteiger partial charge in [-0.1, -0.05) is 48.6 Å². The lowest BCUT2D eigenvalue weighted by Gasteiger charge is -2.37. The van der Waals surface area contributed by atoms with Gasteiger partial charge in [-0.25, -0.2) is 0 Å². The Kier molecular flexibility index (Phi) is 3.45. The van der Waals surface area contributed by atoms with Gasteiger partial charge in [0.25, 0.3) is 11.8 Å². The summed E-state index contributed by atoms with van der Waals surface area (Å²) in [6.07, 6.45) is 11.4.